The fourth-order valence-corrected chi connectivity index (χ4v) is 4.53. The third-order valence-corrected chi connectivity index (χ3v) is 6.12. The zero-order chi connectivity index (χ0) is 22.0. The van der Waals surface area contributed by atoms with Crippen LogP contribution in [0.2, 0.25) is 0 Å². The molecule has 11 heteroatoms. The van der Waals surface area contributed by atoms with Gasteiger partial charge < -0.3 is 20.3 Å². The van der Waals surface area contributed by atoms with Crippen molar-refractivity contribution < 1.29 is 23.5 Å². The SMILES string of the molecule is Cc1nsnc1C(=O)N1[C@@H]2CC[C@H]1CC(=O)NCCOc1ccc(F)cc1C(=O)NC2. The molecule has 2 aromatic rings. The smallest absolute Gasteiger partial charge is 0.276 e. The summed E-state index contributed by atoms with van der Waals surface area (Å²) in [7, 11) is 0. The molecule has 1 aromatic heterocycles. The zero-order valence-electron chi connectivity index (χ0n) is 16.9. The minimum Gasteiger partial charge on any atom is -0.491 e. The van der Waals surface area contributed by atoms with Crippen LogP contribution in [-0.4, -0.2) is 63.1 Å². The van der Waals surface area contributed by atoms with E-state index in [9.17, 15) is 18.8 Å². The Kier molecular flexibility index (Phi) is 6.12. The molecule has 31 heavy (non-hydrogen) atoms. The highest BCUT2D eigenvalue weighted by atomic mass is 32.1. The van der Waals surface area contributed by atoms with Gasteiger partial charge in [0, 0.05) is 25.0 Å². The van der Waals surface area contributed by atoms with Gasteiger partial charge in [0.2, 0.25) is 5.91 Å². The predicted molar refractivity (Wildman–Crippen MR) is 109 cm³/mol. The van der Waals surface area contributed by atoms with Gasteiger partial charge in [-0.25, -0.2) is 4.39 Å². The number of aryl methyl sites for hydroxylation is 1. The summed E-state index contributed by atoms with van der Waals surface area (Å²) in [5.74, 6) is -1.32. The van der Waals surface area contributed by atoms with Crippen molar-refractivity contribution in [2.24, 2.45) is 0 Å². The van der Waals surface area contributed by atoms with Crippen LogP contribution in [-0.2, 0) is 4.79 Å². The number of ether oxygens (including phenoxy) is 1. The lowest BCUT2D eigenvalue weighted by molar-refractivity contribution is -0.122. The second-order valence-corrected chi connectivity index (χ2v) is 8.08. The number of benzene rings is 1. The first kappa shape index (κ1) is 21.2. The Morgan fingerprint density at radius 1 is 1.23 bits per heavy atom. The van der Waals surface area contributed by atoms with Gasteiger partial charge in [0.05, 0.1) is 29.5 Å². The first-order valence-electron chi connectivity index (χ1n) is 10.0. The summed E-state index contributed by atoms with van der Waals surface area (Å²) in [5, 5.41) is 5.57. The van der Waals surface area contributed by atoms with E-state index in [4.69, 9.17) is 4.74 Å². The van der Waals surface area contributed by atoms with Gasteiger partial charge in [-0.2, -0.15) is 8.75 Å². The number of hydrogen-bond acceptors (Lipinski definition) is 7. The van der Waals surface area contributed by atoms with Crippen LogP contribution in [0.4, 0.5) is 4.39 Å². The molecule has 3 heterocycles. The standard InChI is InChI=1S/C20H22FN5O4S/c1-11-18(25-31-24-11)20(29)26-13-3-4-14(26)10-23-19(28)15-8-12(21)2-5-16(15)30-7-6-22-17(27)9-13/h2,5,8,13-14H,3-4,6-7,9-10H2,1H3,(H,22,27)(H,23,28)/t13-,14+/m0/s1. The molecule has 2 aliphatic rings. The van der Waals surface area contributed by atoms with Crippen LogP contribution in [0, 0.1) is 12.7 Å². The lowest BCUT2D eigenvalue weighted by Crippen LogP contribution is -2.48. The van der Waals surface area contributed by atoms with Gasteiger partial charge in [0.1, 0.15) is 18.2 Å². The van der Waals surface area contributed by atoms with E-state index in [1.54, 1.807) is 11.8 Å². The lowest BCUT2D eigenvalue weighted by atomic mass is 10.1. The Balaban J connectivity index is 1.62. The Labute approximate surface area is 182 Å². The molecule has 2 aliphatic heterocycles. The minimum absolute atomic E-state index is 0.0651. The van der Waals surface area contributed by atoms with Crippen LogP contribution >= 0.6 is 11.7 Å². The molecule has 164 valence electrons. The quantitative estimate of drug-likeness (QED) is 0.681. The maximum absolute atomic E-state index is 13.8. The average Bonchev–Trinajstić information content (AvgIpc) is 3.35. The molecule has 0 radical (unpaired) electrons. The fraction of sp³-hybridized carbons (Fsp3) is 0.450. The third-order valence-electron chi connectivity index (χ3n) is 5.50. The maximum Gasteiger partial charge on any atom is 0.276 e. The van der Waals surface area contributed by atoms with Crippen LogP contribution in [0.15, 0.2) is 18.2 Å². The van der Waals surface area contributed by atoms with Crippen LogP contribution in [0.25, 0.3) is 0 Å². The highest BCUT2D eigenvalue weighted by molar-refractivity contribution is 6.99. The van der Waals surface area contributed by atoms with Gasteiger partial charge in [-0.05, 0) is 38.0 Å². The van der Waals surface area contributed by atoms with E-state index in [1.807, 2.05) is 0 Å². The molecule has 0 spiro atoms. The number of amides is 3. The van der Waals surface area contributed by atoms with Crippen LogP contribution < -0.4 is 15.4 Å². The molecule has 1 aromatic carbocycles. The minimum atomic E-state index is -0.559. The van der Waals surface area contributed by atoms with Gasteiger partial charge in [-0.15, -0.1) is 0 Å². The van der Waals surface area contributed by atoms with E-state index in [1.165, 1.54) is 12.1 Å². The van der Waals surface area contributed by atoms with Gasteiger partial charge in [-0.1, -0.05) is 0 Å². The molecule has 2 bridgehead atoms. The molecule has 1 fully saturated rings. The molecule has 0 unspecified atom stereocenters. The van der Waals surface area contributed by atoms with Gasteiger partial charge in [-0.3, -0.25) is 14.4 Å². The number of aromatic nitrogens is 2. The Bertz CT molecular complexity index is 1010. The van der Waals surface area contributed by atoms with Crippen molar-refractivity contribution in [1.82, 2.24) is 24.3 Å². The van der Waals surface area contributed by atoms with Crippen molar-refractivity contribution in [3.63, 3.8) is 0 Å². The first-order valence-corrected chi connectivity index (χ1v) is 10.8. The molecule has 0 saturated carbocycles. The molecule has 0 aliphatic carbocycles. The summed E-state index contributed by atoms with van der Waals surface area (Å²) in [6.07, 6.45) is 1.39. The topological polar surface area (TPSA) is 114 Å². The molecule has 3 amide bonds. The van der Waals surface area contributed by atoms with E-state index >= 15 is 0 Å². The second kappa shape index (κ2) is 8.96. The number of halogens is 1. The monoisotopic (exact) mass is 447 g/mol. The number of hydrogen-bond donors (Lipinski definition) is 2. The molecule has 2 atom stereocenters. The van der Waals surface area contributed by atoms with E-state index in [-0.39, 0.29) is 67.0 Å². The predicted octanol–water partition coefficient (Wildman–Crippen LogP) is 1.29. The van der Waals surface area contributed by atoms with Crippen LogP contribution in [0.5, 0.6) is 5.75 Å². The summed E-state index contributed by atoms with van der Waals surface area (Å²) < 4.78 is 27.5. The average molecular weight is 447 g/mol. The summed E-state index contributed by atoms with van der Waals surface area (Å²) in [6, 6.07) is 3.07. The molecule has 2 N–H and O–H groups in total. The summed E-state index contributed by atoms with van der Waals surface area (Å²) in [4.78, 5) is 40.1. The third kappa shape index (κ3) is 4.50. The second-order valence-electron chi connectivity index (χ2n) is 7.55. The van der Waals surface area contributed by atoms with Crippen LogP contribution in [0.1, 0.15) is 45.8 Å². The highest BCUT2D eigenvalue weighted by Gasteiger charge is 2.40. The maximum atomic E-state index is 13.8. The van der Waals surface area contributed by atoms with Crippen molar-refractivity contribution in [3.8, 4) is 5.75 Å². The molecule has 1 saturated heterocycles. The number of nitrogens with one attached hydrogen (secondary N) is 2. The Morgan fingerprint density at radius 2 is 2.03 bits per heavy atom. The molecule has 4 rings (SSSR count). The number of fused-ring (bicyclic) bond motifs is 3. The summed E-state index contributed by atoms with van der Waals surface area (Å²) in [6.45, 7) is 2.21. The van der Waals surface area contributed by atoms with E-state index < -0.39 is 11.7 Å². The zero-order valence-corrected chi connectivity index (χ0v) is 17.7. The largest absolute Gasteiger partial charge is 0.491 e. The van der Waals surface area contributed by atoms with E-state index in [0.29, 0.717) is 18.5 Å². The van der Waals surface area contributed by atoms with Crippen molar-refractivity contribution in [2.75, 3.05) is 19.7 Å². The van der Waals surface area contributed by atoms with Crippen molar-refractivity contribution in [3.05, 3.63) is 41.0 Å². The molecule has 9 nitrogen and oxygen atoms in total. The number of carbonyl (C=O) groups excluding carboxylic acids is 3. The molecular weight excluding hydrogens is 425 g/mol. The van der Waals surface area contributed by atoms with Gasteiger partial charge >= 0.3 is 0 Å². The van der Waals surface area contributed by atoms with Crippen molar-refractivity contribution in [2.45, 2.75) is 38.3 Å². The highest BCUT2D eigenvalue weighted by Crippen LogP contribution is 2.29. The van der Waals surface area contributed by atoms with E-state index in [2.05, 4.69) is 19.4 Å². The normalized spacial score (nSPS) is 22.1. The Morgan fingerprint density at radius 3 is 2.81 bits per heavy atom. The molecular formula is C20H22FN5O4S. The summed E-state index contributed by atoms with van der Waals surface area (Å²) in [5.41, 5.74) is 0.856. The van der Waals surface area contributed by atoms with E-state index in [0.717, 1.165) is 17.8 Å². The number of rotatable bonds is 1. The lowest BCUT2D eigenvalue weighted by Gasteiger charge is -2.30. The van der Waals surface area contributed by atoms with Gasteiger partial charge in [0.25, 0.3) is 11.8 Å². The summed E-state index contributed by atoms with van der Waals surface area (Å²) >= 11 is 0.958. The number of carbonyl (C=O) groups is 3. The number of nitrogens with zero attached hydrogens (tertiary/aromatic N) is 3. The van der Waals surface area contributed by atoms with Gasteiger partial charge in [0.15, 0.2) is 5.69 Å². The Hall–Kier alpha value is -3.08. The van der Waals surface area contributed by atoms with Crippen LogP contribution in [0.3, 0.4) is 0 Å². The van der Waals surface area contributed by atoms with Crippen molar-refractivity contribution in [1.29, 1.82) is 0 Å². The first-order chi connectivity index (χ1) is 14.9. The fourth-order valence-electron chi connectivity index (χ4n) is 3.99. The van der Waals surface area contributed by atoms with Crippen molar-refractivity contribution >= 4 is 29.4 Å².